The minimum absolute atomic E-state index is 0.201. The van der Waals surface area contributed by atoms with Gasteiger partial charge >= 0.3 is 5.97 Å². The van der Waals surface area contributed by atoms with Crippen LogP contribution in [0.5, 0.6) is 0 Å². The summed E-state index contributed by atoms with van der Waals surface area (Å²) in [4.78, 5) is 12.1. The van der Waals surface area contributed by atoms with E-state index in [2.05, 4.69) is 26.3 Å². The Bertz CT molecular complexity index is 493. The molecule has 5 nitrogen and oxygen atoms in total. The Morgan fingerprint density at radius 1 is 1.61 bits per heavy atom. The molecule has 0 aliphatic rings. The molecule has 0 radical (unpaired) electrons. The molecule has 2 rings (SSSR count). The van der Waals surface area contributed by atoms with Gasteiger partial charge in [0.1, 0.15) is 0 Å². The average Bonchev–Trinajstić information content (AvgIpc) is 3.04. The number of carbonyl (C=O) groups is 1. The standard InChI is InChI=1S/C12H15N3O2S/c1-17-11(16)4-5-13-7-9-8-14-15-12(9)10-3-2-6-18-10/h2-3,6,8,13H,4-5,7H2,1H3,(H,14,15). The number of nitrogens with one attached hydrogen (secondary N) is 2. The third kappa shape index (κ3) is 3.18. The highest BCUT2D eigenvalue weighted by Gasteiger charge is 2.08. The lowest BCUT2D eigenvalue weighted by Gasteiger charge is -2.03. The van der Waals surface area contributed by atoms with Crippen LogP contribution in [0, 0.1) is 0 Å². The van der Waals surface area contributed by atoms with E-state index in [0.29, 0.717) is 19.5 Å². The first-order chi connectivity index (χ1) is 8.81. The Balaban J connectivity index is 1.87. The van der Waals surface area contributed by atoms with E-state index in [1.807, 2.05) is 11.4 Å². The Morgan fingerprint density at radius 2 is 2.50 bits per heavy atom. The van der Waals surface area contributed by atoms with Crippen LogP contribution in [0.15, 0.2) is 23.7 Å². The molecule has 96 valence electrons. The zero-order chi connectivity index (χ0) is 12.8. The predicted molar refractivity (Wildman–Crippen MR) is 70.2 cm³/mol. The van der Waals surface area contributed by atoms with Crippen molar-refractivity contribution in [1.29, 1.82) is 0 Å². The smallest absolute Gasteiger partial charge is 0.306 e. The number of aromatic nitrogens is 2. The van der Waals surface area contributed by atoms with Crippen molar-refractivity contribution in [2.75, 3.05) is 13.7 Å². The number of nitrogens with zero attached hydrogens (tertiary/aromatic N) is 1. The number of carbonyl (C=O) groups excluding carboxylic acids is 1. The molecule has 0 amide bonds. The second kappa shape index (κ2) is 6.32. The molecule has 2 heterocycles. The van der Waals surface area contributed by atoms with Crippen molar-refractivity contribution in [3.63, 3.8) is 0 Å². The van der Waals surface area contributed by atoms with Gasteiger partial charge in [-0.1, -0.05) is 6.07 Å². The number of rotatable bonds is 6. The van der Waals surface area contributed by atoms with Gasteiger partial charge < -0.3 is 10.1 Å². The first kappa shape index (κ1) is 12.8. The lowest BCUT2D eigenvalue weighted by molar-refractivity contribution is -0.140. The van der Waals surface area contributed by atoms with Crippen LogP contribution < -0.4 is 5.32 Å². The summed E-state index contributed by atoms with van der Waals surface area (Å²) in [5, 5.41) is 12.3. The number of aromatic amines is 1. The topological polar surface area (TPSA) is 67.0 Å². The summed E-state index contributed by atoms with van der Waals surface area (Å²) in [5.74, 6) is -0.201. The minimum Gasteiger partial charge on any atom is -0.469 e. The normalized spacial score (nSPS) is 10.5. The number of hydrogen-bond donors (Lipinski definition) is 2. The van der Waals surface area contributed by atoms with Crippen molar-refractivity contribution in [3.05, 3.63) is 29.3 Å². The molecule has 0 aromatic carbocycles. The molecule has 0 saturated heterocycles. The van der Waals surface area contributed by atoms with E-state index < -0.39 is 0 Å². The molecule has 2 aromatic rings. The van der Waals surface area contributed by atoms with Crippen LogP contribution in [0.2, 0.25) is 0 Å². The van der Waals surface area contributed by atoms with Crippen LogP contribution in [-0.4, -0.2) is 29.8 Å². The molecule has 0 unspecified atom stereocenters. The predicted octanol–water partition coefficient (Wildman–Crippen LogP) is 1.79. The highest BCUT2D eigenvalue weighted by molar-refractivity contribution is 7.13. The Kier molecular flexibility index (Phi) is 4.49. The van der Waals surface area contributed by atoms with E-state index >= 15 is 0 Å². The molecule has 18 heavy (non-hydrogen) atoms. The SMILES string of the molecule is COC(=O)CCNCc1cn[nH]c1-c1cccs1. The van der Waals surface area contributed by atoms with Crippen molar-refractivity contribution in [2.45, 2.75) is 13.0 Å². The molecule has 2 N–H and O–H groups in total. The third-order valence-electron chi connectivity index (χ3n) is 2.53. The van der Waals surface area contributed by atoms with Crippen molar-refractivity contribution >= 4 is 17.3 Å². The number of methoxy groups -OCH3 is 1. The second-order valence-corrected chi connectivity index (χ2v) is 4.70. The number of hydrogen-bond acceptors (Lipinski definition) is 5. The van der Waals surface area contributed by atoms with E-state index in [1.54, 1.807) is 17.5 Å². The summed E-state index contributed by atoms with van der Waals surface area (Å²) >= 11 is 1.67. The number of thiophene rings is 1. The fourth-order valence-electron chi connectivity index (χ4n) is 1.59. The van der Waals surface area contributed by atoms with Crippen LogP contribution >= 0.6 is 11.3 Å². The van der Waals surface area contributed by atoms with Crippen molar-refractivity contribution in [3.8, 4) is 10.6 Å². The van der Waals surface area contributed by atoms with Crippen LogP contribution in [0.3, 0.4) is 0 Å². The van der Waals surface area contributed by atoms with Crippen LogP contribution in [-0.2, 0) is 16.1 Å². The van der Waals surface area contributed by atoms with Gasteiger partial charge in [-0.2, -0.15) is 5.10 Å². The molecule has 6 heteroatoms. The molecule has 0 aliphatic carbocycles. The minimum atomic E-state index is -0.201. The zero-order valence-electron chi connectivity index (χ0n) is 10.1. The van der Waals surface area contributed by atoms with Crippen molar-refractivity contribution < 1.29 is 9.53 Å². The molecule has 0 aliphatic heterocycles. The highest BCUT2D eigenvalue weighted by atomic mass is 32.1. The summed E-state index contributed by atoms with van der Waals surface area (Å²) < 4.78 is 4.57. The van der Waals surface area contributed by atoms with Gasteiger partial charge in [-0.3, -0.25) is 9.89 Å². The molecule has 0 bridgehead atoms. The molecular formula is C12H15N3O2S. The monoisotopic (exact) mass is 265 g/mol. The van der Waals surface area contributed by atoms with Gasteiger partial charge in [0, 0.05) is 18.7 Å². The quantitative estimate of drug-likeness (QED) is 0.617. The van der Waals surface area contributed by atoms with Crippen LogP contribution in [0.1, 0.15) is 12.0 Å². The fourth-order valence-corrected chi connectivity index (χ4v) is 2.35. The van der Waals surface area contributed by atoms with Crippen LogP contribution in [0.4, 0.5) is 0 Å². The molecule has 0 spiro atoms. The molecular weight excluding hydrogens is 250 g/mol. The number of H-pyrrole nitrogens is 1. The van der Waals surface area contributed by atoms with Gasteiger partial charge in [0.05, 0.1) is 30.3 Å². The van der Waals surface area contributed by atoms with Crippen molar-refractivity contribution in [2.24, 2.45) is 0 Å². The van der Waals surface area contributed by atoms with E-state index in [9.17, 15) is 4.79 Å². The maximum atomic E-state index is 10.9. The Hall–Kier alpha value is -1.66. The number of ether oxygens (including phenoxy) is 1. The van der Waals surface area contributed by atoms with Gasteiger partial charge in [0.2, 0.25) is 0 Å². The Morgan fingerprint density at radius 3 is 3.22 bits per heavy atom. The Labute approximate surface area is 109 Å². The maximum Gasteiger partial charge on any atom is 0.306 e. The highest BCUT2D eigenvalue weighted by Crippen LogP contribution is 2.25. The summed E-state index contributed by atoms with van der Waals surface area (Å²) in [6.45, 7) is 1.28. The molecule has 0 fully saturated rings. The van der Waals surface area contributed by atoms with Gasteiger partial charge in [0.15, 0.2) is 0 Å². The number of esters is 1. The molecule has 2 aromatic heterocycles. The summed E-state index contributed by atoms with van der Waals surface area (Å²) in [6.07, 6.45) is 2.18. The summed E-state index contributed by atoms with van der Waals surface area (Å²) in [5.41, 5.74) is 2.14. The first-order valence-electron chi connectivity index (χ1n) is 5.65. The van der Waals surface area contributed by atoms with Crippen LogP contribution in [0.25, 0.3) is 10.6 Å². The third-order valence-corrected chi connectivity index (χ3v) is 3.42. The summed E-state index contributed by atoms with van der Waals surface area (Å²) in [7, 11) is 1.40. The average molecular weight is 265 g/mol. The maximum absolute atomic E-state index is 10.9. The van der Waals surface area contributed by atoms with Crippen molar-refractivity contribution in [1.82, 2.24) is 15.5 Å². The molecule has 0 saturated carbocycles. The summed E-state index contributed by atoms with van der Waals surface area (Å²) in [6, 6.07) is 4.06. The zero-order valence-corrected chi connectivity index (χ0v) is 10.9. The van der Waals surface area contributed by atoms with Gasteiger partial charge in [-0.15, -0.1) is 11.3 Å². The molecule has 0 atom stereocenters. The van der Waals surface area contributed by atoms with Gasteiger partial charge in [-0.05, 0) is 11.4 Å². The van der Waals surface area contributed by atoms with Gasteiger partial charge in [0.25, 0.3) is 0 Å². The van der Waals surface area contributed by atoms with E-state index in [1.165, 1.54) is 7.11 Å². The fraction of sp³-hybridized carbons (Fsp3) is 0.333. The van der Waals surface area contributed by atoms with Gasteiger partial charge in [-0.25, -0.2) is 0 Å². The second-order valence-electron chi connectivity index (χ2n) is 3.75. The van der Waals surface area contributed by atoms with E-state index in [0.717, 1.165) is 16.1 Å². The van der Waals surface area contributed by atoms with E-state index in [4.69, 9.17) is 0 Å². The lowest BCUT2D eigenvalue weighted by atomic mass is 10.2. The first-order valence-corrected chi connectivity index (χ1v) is 6.53. The largest absolute Gasteiger partial charge is 0.469 e. The lowest BCUT2D eigenvalue weighted by Crippen LogP contribution is -2.18. The van der Waals surface area contributed by atoms with E-state index in [-0.39, 0.29) is 5.97 Å².